The Balaban J connectivity index is 1.92. The van der Waals surface area contributed by atoms with E-state index in [2.05, 4.69) is 30.2 Å². The van der Waals surface area contributed by atoms with Gasteiger partial charge in [-0.05, 0) is 44.6 Å². The van der Waals surface area contributed by atoms with Crippen LogP contribution in [0.5, 0.6) is 5.88 Å². The van der Waals surface area contributed by atoms with Gasteiger partial charge in [-0.15, -0.1) is 0 Å². The molecule has 1 fully saturated rings. The topological polar surface area (TPSA) is 34.1 Å². The summed E-state index contributed by atoms with van der Waals surface area (Å²) in [5.41, 5.74) is 1.64. The minimum Gasteiger partial charge on any atom is -0.475 e. The first-order valence-corrected chi connectivity index (χ1v) is 7.30. The van der Waals surface area contributed by atoms with Crippen LogP contribution in [0.2, 0.25) is 0 Å². The van der Waals surface area contributed by atoms with Crippen molar-refractivity contribution in [1.29, 1.82) is 0 Å². The van der Waals surface area contributed by atoms with Gasteiger partial charge in [0.25, 0.3) is 0 Å². The van der Waals surface area contributed by atoms with E-state index in [4.69, 9.17) is 4.74 Å². The van der Waals surface area contributed by atoms with Crippen molar-refractivity contribution >= 4 is 0 Å². The molecule has 1 heterocycles. The zero-order chi connectivity index (χ0) is 13.9. The van der Waals surface area contributed by atoms with Crippen molar-refractivity contribution in [2.75, 3.05) is 0 Å². The Hall–Kier alpha value is -1.09. The van der Waals surface area contributed by atoms with Gasteiger partial charge in [-0.1, -0.05) is 19.9 Å². The van der Waals surface area contributed by atoms with Gasteiger partial charge in [0.15, 0.2) is 0 Å². The Bertz CT molecular complexity index is 415. The number of aromatic nitrogens is 1. The predicted molar refractivity (Wildman–Crippen MR) is 78.3 cm³/mol. The lowest BCUT2D eigenvalue weighted by Gasteiger charge is -2.19. The highest BCUT2D eigenvalue weighted by atomic mass is 16.5. The molecule has 1 unspecified atom stereocenters. The highest BCUT2D eigenvalue weighted by molar-refractivity contribution is 5.25. The highest BCUT2D eigenvalue weighted by Crippen LogP contribution is 2.37. The smallest absolute Gasteiger partial charge is 0.218 e. The van der Waals surface area contributed by atoms with Crippen molar-refractivity contribution in [1.82, 2.24) is 10.3 Å². The van der Waals surface area contributed by atoms with Crippen LogP contribution >= 0.6 is 0 Å². The molecule has 3 heteroatoms. The van der Waals surface area contributed by atoms with E-state index < -0.39 is 0 Å². The summed E-state index contributed by atoms with van der Waals surface area (Å²) in [5.74, 6) is 0.766. The molecule has 19 heavy (non-hydrogen) atoms. The molecular formula is C16H26N2O. The lowest BCUT2D eigenvalue weighted by atomic mass is 9.92. The van der Waals surface area contributed by atoms with Crippen LogP contribution in [0.4, 0.5) is 0 Å². The summed E-state index contributed by atoms with van der Waals surface area (Å²) in [4.78, 5) is 4.33. The van der Waals surface area contributed by atoms with Crippen molar-refractivity contribution < 1.29 is 4.74 Å². The molecule has 3 nitrogen and oxygen atoms in total. The van der Waals surface area contributed by atoms with Gasteiger partial charge in [-0.3, -0.25) is 0 Å². The van der Waals surface area contributed by atoms with Crippen LogP contribution in [-0.4, -0.2) is 17.1 Å². The Kier molecular flexibility index (Phi) is 4.46. The van der Waals surface area contributed by atoms with E-state index in [1.54, 1.807) is 6.20 Å². The second-order valence-electron chi connectivity index (χ2n) is 6.62. The number of hydrogen-bond donors (Lipinski definition) is 1. The van der Waals surface area contributed by atoms with E-state index >= 15 is 0 Å². The molecule has 2 rings (SSSR count). The molecular weight excluding hydrogens is 236 g/mol. The molecule has 0 spiro atoms. The van der Waals surface area contributed by atoms with Gasteiger partial charge in [0.1, 0.15) is 0 Å². The first-order chi connectivity index (χ1) is 8.96. The SMILES string of the molecule is CC(C)Oc1ncccc1CNC1CCC(C)(C)C1. The fourth-order valence-electron chi connectivity index (χ4n) is 2.75. The number of ether oxygens (including phenoxy) is 1. The average Bonchev–Trinajstić information content (AvgIpc) is 2.67. The summed E-state index contributed by atoms with van der Waals surface area (Å²) >= 11 is 0. The summed E-state index contributed by atoms with van der Waals surface area (Å²) in [6.45, 7) is 9.62. The van der Waals surface area contributed by atoms with Gasteiger partial charge in [-0.25, -0.2) is 4.98 Å². The molecule has 1 N–H and O–H groups in total. The van der Waals surface area contributed by atoms with Gasteiger partial charge in [-0.2, -0.15) is 0 Å². The third kappa shape index (κ3) is 4.20. The zero-order valence-corrected chi connectivity index (χ0v) is 12.6. The normalized spacial score (nSPS) is 21.8. The second-order valence-corrected chi connectivity index (χ2v) is 6.62. The van der Waals surface area contributed by atoms with E-state index in [0.29, 0.717) is 11.5 Å². The Morgan fingerprint density at radius 2 is 2.26 bits per heavy atom. The maximum atomic E-state index is 5.75. The van der Waals surface area contributed by atoms with Crippen LogP contribution in [0, 0.1) is 5.41 Å². The maximum absolute atomic E-state index is 5.75. The number of pyridine rings is 1. The van der Waals surface area contributed by atoms with E-state index in [1.807, 2.05) is 19.9 Å². The van der Waals surface area contributed by atoms with Crippen molar-refractivity contribution in [3.8, 4) is 5.88 Å². The predicted octanol–water partition coefficient (Wildman–Crippen LogP) is 3.54. The maximum Gasteiger partial charge on any atom is 0.218 e. The van der Waals surface area contributed by atoms with Crippen molar-refractivity contribution in [3.63, 3.8) is 0 Å². The summed E-state index contributed by atoms with van der Waals surface area (Å²) in [6, 6.07) is 4.70. The Morgan fingerprint density at radius 3 is 2.89 bits per heavy atom. The number of nitrogens with zero attached hydrogens (tertiary/aromatic N) is 1. The van der Waals surface area contributed by atoms with E-state index in [9.17, 15) is 0 Å². The molecule has 1 atom stereocenters. The number of rotatable bonds is 5. The fourth-order valence-corrected chi connectivity index (χ4v) is 2.75. The first kappa shape index (κ1) is 14.3. The molecule has 106 valence electrons. The molecule has 1 aliphatic carbocycles. The van der Waals surface area contributed by atoms with E-state index in [1.165, 1.54) is 19.3 Å². The number of hydrogen-bond acceptors (Lipinski definition) is 3. The summed E-state index contributed by atoms with van der Waals surface area (Å²) in [5, 5.41) is 3.65. The van der Waals surface area contributed by atoms with Crippen LogP contribution in [0.15, 0.2) is 18.3 Å². The molecule has 0 amide bonds. The summed E-state index contributed by atoms with van der Waals surface area (Å²) < 4.78 is 5.75. The van der Waals surface area contributed by atoms with Crippen molar-refractivity contribution in [2.45, 2.75) is 65.6 Å². The highest BCUT2D eigenvalue weighted by Gasteiger charge is 2.30. The molecule has 1 aromatic rings. The molecule has 1 aliphatic rings. The zero-order valence-electron chi connectivity index (χ0n) is 12.6. The molecule has 0 bridgehead atoms. The van der Waals surface area contributed by atoms with Gasteiger partial charge in [0, 0.05) is 24.3 Å². The van der Waals surface area contributed by atoms with Crippen LogP contribution in [0.25, 0.3) is 0 Å². The Labute approximate surface area is 116 Å². The standard InChI is InChI=1S/C16H26N2O/c1-12(2)19-15-13(6-5-9-17-15)11-18-14-7-8-16(3,4)10-14/h5-6,9,12,14,18H,7-8,10-11H2,1-4H3. The monoisotopic (exact) mass is 262 g/mol. The molecule has 0 radical (unpaired) electrons. The quantitative estimate of drug-likeness (QED) is 0.881. The molecule has 1 aromatic heterocycles. The number of nitrogens with one attached hydrogen (secondary N) is 1. The van der Waals surface area contributed by atoms with Gasteiger partial charge < -0.3 is 10.1 Å². The van der Waals surface area contributed by atoms with Crippen LogP contribution in [0.3, 0.4) is 0 Å². The molecule has 0 saturated heterocycles. The van der Waals surface area contributed by atoms with Crippen molar-refractivity contribution in [3.05, 3.63) is 23.9 Å². The summed E-state index contributed by atoms with van der Waals surface area (Å²) in [7, 11) is 0. The molecule has 1 saturated carbocycles. The minimum absolute atomic E-state index is 0.166. The van der Waals surface area contributed by atoms with Crippen LogP contribution < -0.4 is 10.1 Å². The van der Waals surface area contributed by atoms with E-state index in [0.717, 1.165) is 18.0 Å². The molecule has 0 aliphatic heterocycles. The lowest BCUT2D eigenvalue weighted by Crippen LogP contribution is -2.27. The fraction of sp³-hybridized carbons (Fsp3) is 0.688. The third-order valence-corrected chi connectivity index (χ3v) is 3.75. The minimum atomic E-state index is 0.166. The average molecular weight is 262 g/mol. The van der Waals surface area contributed by atoms with Crippen molar-refractivity contribution in [2.24, 2.45) is 5.41 Å². The Morgan fingerprint density at radius 1 is 1.47 bits per heavy atom. The largest absolute Gasteiger partial charge is 0.475 e. The van der Waals surface area contributed by atoms with E-state index in [-0.39, 0.29) is 6.10 Å². The molecule has 0 aromatic carbocycles. The first-order valence-electron chi connectivity index (χ1n) is 7.30. The van der Waals surface area contributed by atoms with Crippen LogP contribution in [-0.2, 0) is 6.54 Å². The second kappa shape index (κ2) is 5.91. The van der Waals surface area contributed by atoms with Gasteiger partial charge >= 0.3 is 0 Å². The third-order valence-electron chi connectivity index (χ3n) is 3.75. The van der Waals surface area contributed by atoms with Crippen LogP contribution in [0.1, 0.15) is 52.5 Å². The van der Waals surface area contributed by atoms with Gasteiger partial charge in [0.05, 0.1) is 6.10 Å². The lowest BCUT2D eigenvalue weighted by molar-refractivity contribution is 0.229. The van der Waals surface area contributed by atoms with Gasteiger partial charge in [0.2, 0.25) is 5.88 Å². The summed E-state index contributed by atoms with van der Waals surface area (Å²) in [6.07, 6.45) is 5.80.